The van der Waals surface area contributed by atoms with E-state index in [1.807, 2.05) is 19.1 Å². The van der Waals surface area contributed by atoms with E-state index in [2.05, 4.69) is 4.98 Å². The van der Waals surface area contributed by atoms with Crippen LogP contribution in [0.25, 0.3) is 10.9 Å². The lowest BCUT2D eigenvalue weighted by Crippen LogP contribution is -2.29. The number of allylic oxidation sites excluding steroid dienone is 1. The van der Waals surface area contributed by atoms with E-state index in [-0.39, 0.29) is 41.3 Å². The molecule has 6 nitrogen and oxygen atoms in total. The molecule has 2 heterocycles. The number of rotatable bonds is 6. The van der Waals surface area contributed by atoms with Crippen molar-refractivity contribution in [3.63, 3.8) is 0 Å². The fourth-order valence-corrected chi connectivity index (χ4v) is 3.47. The number of aromatic hydroxyl groups is 1. The lowest BCUT2D eigenvalue weighted by molar-refractivity contribution is 0.0640. The summed E-state index contributed by atoms with van der Waals surface area (Å²) >= 11 is 0. The van der Waals surface area contributed by atoms with E-state index in [0.29, 0.717) is 10.9 Å². The van der Waals surface area contributed by atoms with Crippen LogP contribution >= 0.6 is 0 Å². The molecule has 0 saturated carbocycles. The molecule has 0 spiro atoms. The summed E-state index contributed by atoms with van der Waals surface area (Å²) in [5.41, 5.74) is 0.671. The number of nitrogens with zero attached hydrogens (tertiary/aromatic N) is 2. The Morgan fingerprint density at radius 2 is 1.83 bits per heavy atom. The molecule has 0 atom stereocenters. The highest BCUT2D eigenvalue weighted by atomic mass is 19.1. The standard InChI is InChI=1S/C23H19FN2O4/c1-2-3-4-12-30-21-16-6-5-11-25-19(16)20(27)17-18(21)23(29)26(22(17)28)13-14-7-9-15(24)10-8-14/h3-11,27H,2,12-13H2,1H3/b4-3+. The number of halogens is 1. The molecule has 7 heteroatoms. The number of amides is 2. The van der Waals surface area contributed by atoms with Crippen molar-refractivity contribution in [3.8, 4) is 11.5 Å². The van der Waals surface area contributed by atoms with Gasteiger partial charge in [0.1, 0.15) is 29.3 Å². The Labute approximate surface area is 172 Å². The second-order valence-corrected chi connectivity index (χ2v) is 6.84. The van der Waals surface area contributed by atoms with Crippen molar-refractivity contribution in [2.24, 2.45) is 0 Å². The summed E-state index contributed by atoms with van der Waals surface area (Å²) in [7, 11) is 0. The second-order valence-electron chi connectivity index (χ2n) is 6.84. The van der Waals surface area contributed by atoms with Crippen LogP contribution in [0.15, 0.2) is 54.7 Å². The number of benzene rings is 2. The van der Waals surface area contributed by atoms with Crippen LogP contribution in [0.2, 0.25) is 0 Å². The van der Waals surface area contributed by atoms with Crippen molar-refractivity contribution < 1.29 is 23.8 Å². The monoisotopic (exact) mass is 406 g/mol. The van der Waals surface area contributed by atoms with E-state index >= 15 is 0 Å². The van der Waals surface area contributed by atoms with Gasteiger partial charge in [-0.25, -0.2) is 4.39 Å². The molecule has 0 fully saturated rings. The van der Waals surface area contributed by atoms with Gasteiger partial charge in [-0.15, -0.1) is 0 Å². The third-order valence-corrected chi connectivity index (χ3v) is 4.89. The van der Waals surface area contributed by atoms with Crippen LogP contribution in [0.5, 0.6) is 11.5 Å². The number of carbonyl (C=O) groups excluding carboxylic acids is 2. The lowest BCUT2D eigenvalue weighted by atomic mass is 10.0. The molecule has 1 N–H and O–H groups in total. The third kappa shape index (κ3) is 3.28. The van der Waals surface area contributed by atoms with Crippen LogP contribution in [0.3, 0.4) is 0 Å². The van der Waals surface area contributed by atoms with Gasteiger partial charge >= 0.3 is 0 Å². The van der Waals surface area contributed by atoms with Crippen LogP contribution < -0.4 is 4.74 Å². The first-order chi connectivity index (χ1) is 14.5. The summed E-state index contributed by atoms with van der Waals surface area (Å²) in [6, 6.07) is 8.88. The van der Waals surface area contributed by atoms with Gasteiger partial charge < -0.3 is 9.84 Å². The molecule has 2 amide bonds. The SMILES string of the molecule is CC/C=C/COc1c2c(c(O)c3ncccc13)C(=O)N(Cc1ccc(F)cc1)C2=O. The minimum atomic E-state index is -0.640. The minimum absolute atomic E-state index is 0.0185. The fourth-order valence-electron chi connectivity index (χ4n) is 3.47. The van der Waals surface area contributed by atoms with E-state index in [9.17, 15) is 19.1 Å². The van der Waals surface area contributed by atoms with E-state index in [1.165, 1.54) is 30.5 Å². The maximum absolute atomic E-state index is 13.2. The molecule has 0 bridgehead atoms. The first-order valence-corrected chi connectivity index (χ1v) is 9.55. The largest absolute Gasteiger partial charge is 0.505 e. The van der Waals surface area contributed by atoms with Crippen LogP contribution in [0, 0.1) is 5.82 Å². The molecule has 0 unspecified atom stereocenters. The lowest BCUT2D eigenvalue weighted by Gasteiger charge is -2.14. The molecule has 1 aromatic heterocycles. The maximum atomic E-state index is 13.2. The Hall–Kier alpha value is -3.74. The number of hydrogen-bond acceptors (Lipinski definition) is 5. The summed E-state index contributed by atoms with van der Waals surface area (Å²) in [5, 5.41) is 11.2. The van der Waals surface area contributed by atoms with Crippen LogP contribution in [0.1, 0.15) is 39.6 Å². The number of imide groups is 1. The quantitative estimate of drug-likeness (QED) is 0.490. The number of fused-ring (bicyclic) bond motifs is 2. The first kappa shape index (κ1) is 19.6. The van der Waals surface area contributed by atoms with Gasteiger partial charge in [0.15, 0.2) is 5.75 Å². The van der Waals surface area contributed by atoms with Crippen LogP contribution in [0.4, 0.5) is 4.39 Å². The first-order valence-electron chi connectivity index (χ1n) is 9.55. The second kappa shape index (κ2) is 7.94. The third-order valence-electron chi connectivity index (χ3n) is 4.89. The number of phenolic OH excluding ortho intramolecular Hbond substituents is 1. The Bertz CT molecular complexity index is 1170. The topological polar surface area (TPSA) is 79.7 Å². The molecule has 152 valence electrons. The van der Waals surface area contributed by atoms with Gasteiger partial charge in [0.05, 0.1) is 12.1 Å². The van der Waals surface area contributed by atoms with Gasteiger partial charge in [0.2, 0.25) is 0 Å². The van der Waals surface area contributed by atoms with Crippen LogP contribution in [-0.4, -0.2) is 33.4 Å². The maximum Gasteiger partial charge on any atom is 0.265 e. The molecular weight excluding hydrogens is 387 g/mol. The van der Waals surface area contributed by atoms with Gasteiger partial charge in [-0.3, -0.25) is 19.5 Å². The Balaban J connectivity index is 1.81. The zero-order valence-corrected chi connectivity index (χ0v) is 16.3. The minimum Gasteiger partial charge on any atom is -0.505 e. The predicted octanol–water partition coefficient (Wildman–Crippen LogP) is 4.22. The summed E-state index contributed by atoms with van der Waals surface area (Å²) in [6.45, 7) is 2.14. The van der Waals surface area contributed by atoms with Gasteiger partial charge in [-0.05, 0) is 36.2 Å². The van der Waals surface area contributed by atoms with Gasteiger partial charge in [0, 0.05) is 11.6 Å². The molecule has 0 aliphatic carbocycles. The van der Waals surface area contributed by atoms with Gasteiger partial charge in [-0.2, -0.15) is 0 Å². The van der Waals surface area contributed by atoms with E-state index in [4.69, 9.17) is 4.74 Å². The number of phenols is 1. The summed E-state index contributed by atoms with van der Waals surface area (Å²) < 4.78 is 19.1. The van der Waals surface area contributed by atoms with E-state index in [1.54, 1.807) is 12.1 Å². The normalized spacial score (nSPS) is 13.5. The molecule has 1 aliphatic rings. The molecular formula is C23H19FN2O4. The molecule has 2 aromatic carbocycles. The fraction of sp³-hybridized carbons (Fsp3) is 0.174. The number of pyridine rings is 1. The van der Waals surface area contributed by atoms with Crippen molar-refractivity contribution in [3.05, 3.63) is 77.3 Å². The number of carbonyl (C=O) groups is 2. The molecule has 4 rings (SSSR count). The van der Waals surface area contributed by atoms with Crippen molar-refractivity contribution in [1.82, 2.24) is 9.88 Å². The average Bonchev–Trinajstić information content (AvgIpc) is 3.00. The Morgan fingerprint density at radius 1 is 1.10 bits per heavy atom. The zero-order chi connectivity index (χ0) is 21.3. The average molecular weight is 406 g/mol. The molecule has 3 aromatic rings. The Kier molecular flexibility index (Phi) is 5.18. The molecule has 1 aliphatic heterocycles. The molecule has 30 heavy (non-hydrogen) atoms. The molecule has 0 radical (unpaired) electrons. The zero-order valence-electron chi connectivity index (χ0n) is 16.3. The molecule has 0 saturated heterocycles. The number of hydrogen-bond donors (Lipinski definition) is 1. The van der Waals surface area contributed by atoms with Crippen molar-refractivity contribution in [1.29, 1.82) is 0 Å². The van der Waals surface area contributed by atoms with E-state index < -0.39 is 17.6 Å². The highest BCUT2D eigenvalue weighted by Gasteiger charge is 2.42. The Morgan fingerprint density at radius 3 is 2.57 bits per heavy atom. The number of ether oxygens (including phenoxy) is 1. The summed E-state index contributed by atoms with van der Waals surface area (Å²) in [6.07, 6.45) is 6.07. The highest BCUT2D eigenvalue weighted by molar-refractivity contribution is 6.26. The predicted molar refractivity (Wildman–Crippen MR) is 109 cm³/mol. The van der Waals surface area contributed by atoms with Crippen molar-refractivity contribution >= 4 is 22.7 Å². The van der Waals surface area contributed by atoms with Crippen LogP contribution in [-0.2, 0) is 6.54 Å². The number of aromatic nitrogens is 1. The highest BCUT2D eigenvalue weighted by Crippen LogP contribution is 2.43. The summed E-state index contributed by atoms with van der Waals surface area (Å²) in [4.78, 5) is 31.4. The van der Waals surface area contributed by atoms with E-state index in [0.717, 1.165) is 11.3 Å². The van der Waals surface area contributed by atoms with Crippen molar-refractivity contribution in [2.45, 2.75) is 19.9 Å². The summed E-state index contributed by atoms with van der Waals surface area (Å²) in [5.74, 6) is -1.76. The van der Waals surface area contributed by atoms with Gasteiger partial charge in [-0.1, -0.05) is 31.2 Å². The smallest absolute Gasteiger partial charge is 0.265 e. The van der Waals surface area contributed by atoms with Crippen molar-refractivity contribution in [2.75, 3.05) is 6.61 Å². The van der Waals surface area contributed by atoms with Gasteiger partial charge in [0.25, 0.3) is 11.8 Å².